The molecular weight excluding hydrogens is 789 g/mol. The number of benzene rings is 6. The molecule has 0 radical (unpaired) electrons. The minimum atomic E-state index is -0.306. The van der Waals surface area contributed by atoms with Crippen LogP contribution in [0.4, 0.5) is 0 Å². The van der Waals surface area contributed by atoms with Crippen LogP contribution in [0.5, 0.6) is 0 Å². The maximum Gasteiger partial charge on any atom is 0.160 e. The van der Waals surface area contributed by atoms with Gasteiger partial charge in [-0.25, -0.2) is 9.97 Å². The maximum absolute atomic E-state index is 5.56. The number of hydrogen-bond acceptors (Lipinski definition) is 4. The van der Waals surface area contributed by atoms with E-state index in [0.717, 1.165) is 84.4 Å². The average Bonchev–Trinajstić information content (AvgIpc) is 3.61. The minimum absolute atomic E-state index is 0.140. The Hall–Kier alpha value is -7.82. The highest BCUT2D eigenvalue weighted by Gasteiger charge is 2.35. The van der Waals surface area contributed by atoms with E-state index in [2.05, 4.69) is 190 Å². The Labute approximate surface area is 381 Å². The van der Waals surface area contributed by atoms with Crippen molar-refractivity contribution in [3.8, 4) is 78.4 Å². The van der Waals surface area contributed by atoms with Crippen LogP contribution in [0.1, 0.15) is 49.9 Å². The van der Waals surface area contributed by atoms with Crippen LogP contribution in [0, 0.1) is 0 Å². The lowest BCUT2D eigenvalue weighted by Gasteiger charge is -2.29. The van der Waals surface area contributed by atoms with Crippen LogP contribution in [0.3, 0.4) is 0 Å². The van der Waals surface area contributed by atoms with Gasteiger partial charge >= 0.3 is 0 Å². The van der Waals surface area contributed by atoms with Crippen LogP contribution in [0.15, 0.2) is 207 Å². The van der Waals surface area contributed by atoms with Crippen molar-refractivity contribution in [2.45, 2.75) is 44.9 Å². The summed E-state index contributed by atoms with van der Waals surface area (Å²) in [5, 5.41) is 0.987. The van der Waals surface area contributed by atoms with Gasteiger partial charge in [-0.1, -0.05) is 162 Å². The Kier molecular flexibility index (Phi) is 9.70. The van der Waals surface area contributed by atoms with Crippen molar-refractivity contribution in [3.05, 3.63) is 229 Å². The molecule has 312 valence electrons. The molecule has 0 aliphatic heterocycles. The van der Waals surface area contributed by atoms with Gasteiger partial charge in [-0.3, -0.25) is 9.97 Å². The number of nitrogens with zero attached hydrogens (tertiary/aromatic N) is 4. The second kappa shape index (κ2) is 15.8. The van der Waals surface area contributed by atoms with Crippen molar-refractivity contribution in [2.24, 2.45) is 0 Å². The zero-order valence-electron chi connectivity index (χ0n) is 37.2. The summed E-state index contributed by atoms with van der Waals surface area (Å²) in [7, 11) is 0. The first-order valence-electron chi connectivity index (χ1n) is 22.4. The van der Waals surface area contributed by atoms with E-state index in [-0.39, 0.29) is 10.8 Å². The molecule has 9 aromatic rings. The molecule has 6 aromatic carbocycles. The first kappa shape index (κ1) is 40.0. The summed E-state index contributed by atoms with van der Waals surface area (Å²) in [5.74, 6) is 0.667. The molecule has 0 amide bonds. The van der Waals surface area contributed by atoms with E-state index < -0.39 is 0 Å². The molecule has 0 saturated carbocycles. The van der Waals surface area contributed by atoms with Crippen molar-refractivity contribution < 1.29 is 0 Å². The number of allylic oxidation sites excluding steroid dienone is 5. The molecule has 3 heterocycles. The Balaban J connectivity index is 1.17. The highest BCUT2D eigenvalue weighted by molar-refractivity contribution is 6.05. The predicted molar refractivity (Wildman–Crippen MR) is 269 cm³/mol. The summed E-state index contributed by atoms with van der Waals surface area (Å²) in [6, 6.07) is 54.8. The van der Waals surface area contributed by atoms with Gasteiger partial charge in [-0.05, 0) is 122 Å². The van der Waals surface area contributed by atoms with Crippen molar-refractivity contribution in [2.75, 3.05) is 0 Å². The monoisotopic (exact) mass is 836 g/mol. The standard InChI is InChI=1S/C61H48N4/c1-39-13-7-6-8-14-42-20-27-47(38-54(42)60(39,2)3)51-35-48(46-28-29-50-49-15-9-10-16-53(49)61(4,5)55(50)37-46)36-52-57(44-23-21-43(22-24-44)56-17-11-12-32-63-56)64-59(65-58(51)52)45-25-18-40(19-26-45)41-30-33-62-34-31-41/h6-13,15-38H,1,14H2,2-5H3/b8-6-,13-7-. The molecule has 0 unspecified atom stereocenters. The molecule has 65 heavy (non-hydrogen) atoms. The van der Waals surface area contributed by atoms with Gasteiger partial charge in [0.05, 0.1) is 16.9 Å². The van der Waals surface area contributed by atoms with Gasteiger partial charge in [0.25, 0.3) is 0 Å². The number of rotatable bonds is 6. The van der Waals surface area contributed by atoms with Crippen LogP contribution in [-0.2, 0) is 17.3 Å². The van der Waals surface area contributed by atoms with E-state index in [1.165, 1.54) is 33.4 Å². The summed E-state index contributed by atoms with van der Waals surface area (Å²) in [4.78, 5) is 19.9. The van der Waals surface area contributed by atoms with E-state index in [9.17, 15) is 0 Å². The topological polar surface area (TPSA) is 51.6 Å². The highest BCUT2D eigenvalue weighted by atomic mass is 14.9. The molecule has 11 rings (SSSR count). The molecule has 0 spiro atoms. The van der Waals surface area contributed by atoms with E-state index in [0.29, 0.717) is 5.82 Å². The average molecular weight is 837 g/mol. The molecular formula is C61H48N4. The molecule has 2 aliphatic rings. The molecule has 2 aliphatic carbocycles. The van der Waals surface area contributed by atoms with E-state index in [1.807, 2.05) is 48.9 Å². The van der Waals surface area contributed by atoms with E-state index in [4.69, 9.17) is 9.97 Å². The molecule has 0 atom stereocenters. The van der Waals surface area contributed by atoms with Gasteiger partial charge in [0, 0.05) is 57.1 Å². The Morgan fingerprint density at radius 3 is 1.95 bits per heavy atom. The Bertz CT molecular complexity index is 3380. The molecule has 0 saturated heterocycles. The number of pyridine rings is 2. The van der Waals surface area contributed by atoms with E-state index >= 15 is 0 Å². The largest absolute Gasteiger partial charge is 0.265 e. The molecule has 4 nitrogen and oxygen atoms in total. The second-order valence-electron chi connectivity index (χ2n) is 18.4. The summed E-state index contributed by atoms with van der Waals surface area (Å²) in [5.41, 5.74) is 20.8. The quantitative estimate of drug-likeness (QED) is 0.167. The lowest BCUT2D eigenvalue weighted by molar-refractivity contribution is 0.635. The Morgan fingerprint density at radius 1 is 0.477 bits per heavy atom. The van der Waals surface area contributed by atoms with Gasteiger partial charge in [0.2, 0.25) is 0 Å². The third-order valence-electron chi connectivity index (χ3n) is 13.8. The van der Waals surface area contributed by atoms with Gasteiger partial charge in [0.1, 0.15) is 0 Å². The van der Waals surface area contributed by atoms with Crippen LogP contribution in [-0.4, -0.2) is 19.9 Å². The van der Waals surface area contributed by atoms with Gasteiger partial charge in [0.15, 0.2) is 5.82 Å². The molecule has 3 aromatic heterocycles. The van der Waals surface area contributed by atoms with Crippen molar-refractivity contribution in [1.82, 2.24) is 19.9 Å². The first-order chi connectivity index (χ1) is 31.6. The second-order valence-corrected chi connectivity index (χ2v) is 18.4. The fourth-order valence-electron chi connectivity index (χ4n) is 9.87. The summed E-state index contributed by atoms with van der Waals surface area (Å²) >= 11 is 0. The van der Waals surface area contributed by atoms with Crippen LogP contribution < -0.4 is 0 Å². The molecule has 0 N–H and O–H groups in total. The minimum Gasteiger partial charge on any atom is -0.265 e. The van der Waals surface area contributed by atoms with E-state index in [1.54, 1.807) is 0 Å². The number of aromatic nitrogens is 4. The van der Waals surface area contributed by atoms with Crippen LogP contribution in [0.2, 0.25) is 0 Å². The number of hydrogen-bond donors (Lipinski definition) is 0. The smallest absolute Gasteiger partial charge is 0.160 e. The first-order valence-corrected chi connectivity index (χ1v) is 22.4. The summed E-state index contributed by atoms with van der Waals surface area (Å²) in [6.45, 7) is 13.8. The summed E-state index contributed by atoms with van der Waals surface area (Å²) < 4.78 is 0. The van der Waals surface area contributed by atoms with Crippen molar-refractivity contribution in [1.29, 1.82) is 0 Å². The zero-order valence-corrected chi connectivity index (χ0v) is 37.2. The summed E-state index contributed by atoms with van der Waals surface area (Å²) in [6.07, 6.45) is 15.0. The predicted octanol–water partition coefficient (Wildman–Crippen LogP) is 15.2. The Morgan fingerprint density at radius 2 is 1.15 bits per heavy atom. The molecule has 0 fully saturated rings. The van der Waals surface area contributed by atoms with Crippen molar-refractivity contribution in [3.63, 3.8) is 0 Å². The zero-order chi connectivity index (χ0) is 44.3. The van der Waals surface area contributed by atoms with Gasteiger partial charge in [-0.2, -0.15) is 0 Å². The normalized spacial score (nSPS) is 15.5. The van der Waals surface area contributed by atoms with Gasteiger partial charge < -0.3 is 0 Å². The lowest BCUT2D eigenvalue weighted by Crippen LogP contribution is -2.20. The van der Waals surface area contributed by atoms with Crippen LogP contribution in [0.25, 0.3) is 89.3 Å². The van der Waals surface area contributed by atoms with Crippen molar-refractivity contribution >= 4 is 10.9 Å². The molecule has 0 bridgehead atoms. The fourth-order valence-corrected chi connectivity index (χ4v) is 9.87. The molecule has 4 heteroatoms. The SMILES string of the molecule is C=C1/C=C\C=C/Cc2ccc(-c3cc(-c4ccc5c(c4)C(C)(C)c4ccccc4-5)cc4c(-c5ccc(-c6ccccn6)cc5)nc(-c5ccc(-c6ccncc6)cc5)nc34)cc2C1(C)C. The maximum atomic E-state index is 5.56. The third-order valence-corrected chi connectivity index (χ3v) is 13.8. The number of fused-ring (bicyclic) bond motifs is 5. The third kappa shape index (κ3) is 7.03. The highest BCUT2D eigenvalue weighted by Crippen LogP contribution is 2.50. The van der Waals surface area contributed by atoms with Gasteiger partial charge in [-0.15, -0.1) is 0 Å². The fraction of sp³-hybridized carbons (Fsp3) is 0.115. The van der Waals surface area contributed by atoms with Crippen LogP contribution >= 0.6 is 0 Å². The lowest BCUT2D eigenvalue weighted by atomic mass is 9.74.